The van der Waals surface area contributed by atoms with Crippen LogP contribution in [0.2, 0.25) is 0 Å². The van der Waals surface area contributed by atoms with Gasteiger partial charge in [-0.05, 0) is 25.0 Å². The molecule has 0 aliphatic carbocycles. The molecule has 1 aromatic carbocycles. The van der Waals surface area contributed by atoms with Crippen LogP contribution in [0.1, 0.15) is 11.1 Å². The first-order valence-corrected chi connectivity index (χ1v) is 3.50. The standard InChI is InChI=1S/C9H12O2/c1-6-4-5-7(2)9(11-3)8(6)10/h4-5,10H,1-3H3. The van der Waals surface area contributed by atoms with E-state index in [1.54, 1.807) is 7.11 Å². The van der Waals surface area contributed by atoms with Gasteiger partial charge in [0.05, 0.1) is 7.11 Å². The van der Waals surface area contributed by atoms with Crippen LogP contribution in [-0.2, 0) is 0 Å². The summed E-state index contributed by atoms with van der Waals surface area (Å²) in [6.07, 6.45) is 0. The van der Waals surface area contributed by atoms with E-state index in [4.69, 9.17) is 4.74 Å². The Morgan fingerprint density at radius 2 is 1.73 bits per heavy atom. The second-order valence-corrected chi connectivity index (χ2v) is 2.58. The Kier molecular flexibility index (Phi) is 2.03. The van der Waals surface area contributed by atoms with Gasteiger partial charge in [0.1, 0.15) is 0 Å². The highest BCUT2D eigenvalue weighted by Crippen LogP contribution is 2.32. The second kappa shape index (κ2) is 2.82. The van der Waals surface area contributed by atoms with E-state index in [2.05, 4.69) is 0 Å². The number of aromatic hydroxyl groups is 1. The first-order chi connectivity index (χ1) is 5.16. The summed E-state index contributed by atoms with van der Waals surface area (Å²) in [5.41, 5.74) is 1.79. The van der Waals surface area contributed by atoms with Crippen molar-refractivity contribution in [3.05, 3.63) is 23.3 Å². The van der Waals surface area contributed by atoms with Crippen LogP contribution in [0.15, 0.2) is 12.1 Å². The minimum atomic E-state index is 0.243. The molecule has 0 saturated carbocycles. The molecule has 60 valence electrons. The van der Waals surface area contributed by atoms with Crippen LogP contribution in [0.3, 0.4) is 0 Å². The van der Waals surface area contributed by atoms with Crippen molar-refractivity contribution in [2.75, 3.05) is 7.11 Å². The summed E-state index contributed by atoms with van der Waals surface area (Å²) in [5, 5.41) is 9.45. The molecule has 1 rings (SSSR count). The molecule has 0 radical (unpaired) electrons. The number of rotatable bonds is 1. The summed E-state index contributed by atoms with van der Waals surface area (Å²) < 4.78 is 5.01. The molecule has 0 atom stereocenters. The number of benzene rings is 1. The van der Waals surface area contributed by atoms with Gasteiger partial charge in [-0.2, -0.15) is 0 Å². The fourth-order valence-electron chi connectivity index (χ4n) is 1.03. The van der Waals surface area contributed by atoms with Gasteiger partial charge in [0.25, 0.3) is 0 Å². The molecule has 1 N–H and O–H groups in total. The summed E-state index contributed by atoms with van der Waals surface area (Å²) in [5.74, 6) is 0.817. The molecular weight excluding hydrogens is 140 g/mol. The predicted molar refractivity (Wildman–Crippen MR) is 44.1 cm³/mol. The molecule has 1 aromatic rings. The molecule has 11 heavy (non-hydrogen) atoms. The highest BCUT2D eigenvalue weighted by molar-refractivity contribution is 5.49. The monoisotopic (exact) mass is 152 g/mol. The normalized spacial score (nSPS) is 9.73. The van der Waals surface area contributed by atoms with Crippen LogP contribution in [0.4, 0.5) is 0 Å². The Labute approximate surface area is 66.4 Å². The van der Waals surface area contributed by atoms with Crippen molar-refractivity contribution in [1.29, 1.82) is 0 Å². The van der Waals surface area contributed by atoms with Crippen molar-refractivity contribution in [2.24, 2.45) is 0 Å². The Hall–Kier alpha value is -1.18. The minimum Gasteiger partial charge on any atom is -0.504 e. The predicted octanol–water partition coefficient (Wildman–Crippen LogP) is 2.02. The zero-order valence-electron chi connectivity index (χ0n) is 7.01. The molecule has 0 aliphatic heterocycles. The summed E-state index contributed by atoms with van der Waals surface area (Å²) in [6.45, 7) is 3.75. The Morgan fingerprint density at radius 3 is 2.18 bits per heavy atom. The van der Waals surface area contributed by atoms with E-state index in [9.17, 15) is 5.11 Å². The van der Waals surface area contributed by atoms with E-state index in [0.717, 1.165) is 11.1 Å². The van der Waals surface area contributed by atoms with Crippen LogP contribution in [0.5, 0.6) is 11.5 Å². The maximum Gasteiger partial charge on any atom is 0.163 e. The van der Waals surface area contributed by atoms with Gasteiger partial charge in [-0.3, -0.25) is 0 Å². The van der Waals surface area contributed by atoms with Crippen LogP contribution in [-0.4, -0.2) is 12.2 Å². The number of ether oxygens (including phenoxy) is 1. The molecule has 2 heteroatoms. The molecule has 0 amide bonds. The summed E-state index contributed by atoms with van der Waals surface area (Å²) in [7, 11) is 1.56. The van der Waals surface area contributed by atoms with Gasteiger partial charge >= 0.3 is 0 Å². The molecule has 0 saturated heterocycles. The summed E-state index contributed by atoms with van der Waals surface area (Å²) >= 11 is 0. The fourth-order valence-corrected chi connectivity index (χ4v) is 1.03. The average Bonchev–Trinajstić information content (AvgIpc) is 1.99. The molecular formula is C9H12O2. The van der Waals surface area contributed by atoms with Crippen molar-refractivity contribution >= 4 is 0 Å². The number of aryl methyl sites for hydroxylation is 2. The zero-order valence-corrected chi connectivity index (χ0v) is 7.01. The van der Waals surface area contributed by atoms with E-state index >= 15 is 0 Å². The van der Waals surface area contributed by atoms with Gasteiger partial charge in [-0.15, -0.1) is 0 Å². The van der Waals surface area contributed by atoms with Gasteiger partial charge in [0.2, 0.25) is 0 Å². The van der Waals surface area contributed by atoms with Gasteiger partial charge in [-0.25, -0.2) is 0 Å². The van der Waals surface area contributed by atoms with Crippen LogP contribution < -0.4 is 4.74 Å². The lowest BCUT2D eigenvalue weighted by Crippen LogP contribution is -1.88. The fraction of sp³-hybridized carbons (Fsp3) is 0.333. The third-order valence-electron chi connectivity index (χ3n) is 1.73. The average molecular weight is 152 g/mol. The lowest BCUT2D eigenvalue weighted by atomic mass is 10.1. The van der Waals surface area contributed by atoms with Crippen molar-refractivity contribution in [3.63, 3.8) is 0 Å². The quantitative estimate of drug-likeness (QED) is 0.667. The lowest BCUT2D eigenvalue weighted by Gasteiger charge is -2.08. The van der Waals surface area contributed by atoms with E-state index in [1.165, 1.54) is 0 Å². The third-order valence-corrected chi connectivity index (χ3v) is 1.73. The van der Waals surface area contributed by atoms with E-state index in [1.807, 2.05) is 26.0 Å². The van der Waals surface area contributed by atoms with Crippen molar-refractivity contribution < 1.29 is 9.84 Å². The molecule has 0 bridgehead atoms. The van der Waals surface area contributed by atoms with Crippen molar-refractivity contribution in [1.82, 2.24) is 0 Å². The number of hydrogen-bond donors (Lipinski definition) is 1. The smallest absolute Gasteiger partial charge is 0.163 e. The highest BCUT2D eigenvalue weighted by Gasteiger charge is 2.06. The zero-order chi connectivity index (χ0) is 8.43. The number of hydrogen-bond acceptors (Lipinski definition) is 2. The highest BCUT2D eigenvalue weighted by atomic mass is 16.5. The molecule has 0 fully saturated rings. The Morgan fingerprint density at radius 1 is 1.18 bits per heavy atom. The van der Waals surface area contributed by atoms with Crippen LogP contribution in [0.25, 0.3) is 0 Å². The molecule has 0 unspecified atom stereocenters. The summed E-state index contributed by atoms with van der Waals surface area (Å²) in [4.78, 5) is 0. The van der Waals surface area contributed by atoms with Crippen LogP contribution in [0, 0.1) is 13.8 Å². The molecule has 2 nitrogen and oxygen atoms in total. The number of phenols is 1. The van der Waals surface area contributed by atoms with Gasteiger partial charge in [0, 0.05) is 0 Å². The number of methoxy groups -OCH3 is 1. The van der Waals surface area contributed by atoms with Crippen LogP contribution >= 0.6 is 0 Å². The van der Waals surface area contributed by atoms with Gasteiger partial charge in [-0.1, -0.05) is 12.1 Å². The number of phenolic OH excluding ortho intramolecular Hbond substituents is 1. The minimum absolute atomic E-state index is 0.243. The lowest BCUT2D eigenvalue weighted by molar-refractivity contribution is 0.369. The topological polar surface area (TPSA) is 29.5 Å². The third kappa shape index (κ3) is 1.29. The first-order valence-electron chi connectivity index (χ1n) is 3.50. The summed E-state index contributed by atoms with van der Waals surface area (Å²) in [6, 6.07) is 3.79. The Balaban J connectivity index is 3.29. The maximum atomic E-state index is 9.45. The van der Waals surface area contributed by atoms with E-state index in [0.29, 0.717) is 5.75 Å². The maximum absolute atomic E-state index is 9.45. The van der Waals surface area contributed by atoms with Gasteiger partial charge < -0.3 is 9.84 Å². The van der Waals surface area contributed by atoms with Crippen molar-refractivity contribution in [2.45, 2.75) is 13.8 Å². The molecule has 0 aromatic heterocycles. The van der Waals surface area contributed by atoms with Crippen molar-refractivity contribution in [3.8, 4) is 11.5 Å². The molecule has 0 heterocycles. The molecule has 0 spiro atoms. The largest absolute Gasteiger partial charge is 0.504 e. The second-order valence-electron chi connectivity index (χ2n) is 2.58. The van der Waals surface area contributed by atoms with E-state index < -0.39 is 0 Å². The van der Waals surface area contributed by atoms with E-state index in [-0.39, 0.29) is 5.75 Å². The van der Waals surface area contributed by atoms with Gasteiger partial charge in [0.15, 0.2) is 11.5 Å². The Bertz CT molecular complexity index is 267. The first kappa shape index (κ1) is 7.92. The molecule has 0 aliphatic rings. The SMILES string of the molecule is COc1c(C)ccc(C)c1O.